The summed E-state index contributed by atoms with van der Waals surface area (Å²) < 4.78 is 0.816. The van der Waals surface area contributed by atoms with Crippen molar-refractivity contribution in [2.45, 2.75) is 6.54 Å². The number of amides is 2. The number of carboxylic acid groups (broad SMARTS) is 1. The number of hydrogen-bond acceptors (Lipinski definition) is 3. The van der Waals surface area contributed by atoms with Crippen molar-refractivity contribution in [3.63, 3.8) is 0 Å². The maximum atomic E-state index is 11.8. The molecule has 7 heteroatoms. The van der Waals surface area contributed by atoms with E-state index >= 15 is 0 Å². The van der Waals surface area contributed by atoms with Crippen molar-refractivity contribution in [3.05, 3.63) is 63.1 Å². The smallest absolute Gasteiger partial charge is 0.319 e. The molecule has 0 bridgehead atoms. The standard InChI is InChI=1S/C15H12BrClN2O3/c16-11-5-6-13(12(17)7-11)19-15(22)18-8-9-1-3-10(4-2-9)14(20)21/h1-7H,8H2,(H,20,21)(H2,18,19,22)/p-1. The van der Waals surface area contributed by atoms with E-state index in [1.807, 2.05) is 0 Å². The van der Waals surface area contributed by atoms with Crippen molar-refractivity contribution in [1.82, 2.24) is 5.32 Å². The highest BCUT2D eigenvalue weighted by atomic mass is 79.9. The van der Waals surface area contributed by atoms with Crippen molar-refractivity contribution in [2.75, 3.05) is 5.32 Å². The zero-order valence-electron chi connectivity index (χ0n) is 11.2. The molecule has 0 aliphatic heterocycles. The van der Waals surface area contributed by atoms with Gasteiger partial charge in [0, 0.05) is 11.0 Å². The first-order valence-electron chi connectivity index (χ1n) is 6.26. The molecule has 0 saturated carbocycles. The largest absolute Gasteiger partial charge is 0.545 e. The van der Waals surface area contributed by atoms with Crippen LogP contribution >= 0.6 is 27.5 Å². The summed E-state index contributed by atoms with van der Waals surface area (Å²) in [6.07, 6.45) is 0. The number of halogens is 2. The van der Waals surface area contributed by atoms with Crippen molar-refractivity contribution >= 4 is 45.2 Å². The zero-order chi connectivity index (χ0) is 16.1. The third-order valence-corrected chi connectivity index (χ3v) is 3.63. The predicted molar refractivity (Wildman–Crippen MR) is 85.8 cm³/mol. The van der Waals surface area contributed by atoms with Crippen LogP contribution in [-0.4, -0.2) is 12.0 Å². The van der Waals surface area contributed by atoms with Gasteiger partial charge >= 0.3 is 6.03 Å². The first kappa shape index (κ1) is 16.3. The number of rotatable bonds is 4. The van der Waals surface area contributed by atoms with Gasteiger partial charge in [-0.15, -0.1) is 0 Å². The fourth-order valence-electron chi connectivity index (χ4n) is 1.70. The monoisotopic (exact) mass is 381 g/mol. The lowest BCUT2D eigenvalue weighted by Gasteiger charge is -2.10. The van der Waals surface area contributed by atoms with Gasteiger partial charge in [-0.1, -0.05) is 51.8 Å². The van der Waals surface area contributed by atoms with E-state index in [1.165, 1.54) is 12.1 Å². The zero-order valence-corrected chi connectivity index (χ0v) is 13.6. The molecule has 2 amide bonds. The van der Waals surface area contributed by atoms with Gasteiger partial charge in [0.05, 0.1) is 16.7 Å². The van der Waals surface area contributed by atoms with Gasteiger partial charge in [-0.2, -0.15) is 0 Å². The Balaban J connectivity index is 1.91. The number of aromatic carboxylic acids is 1. The first-order chi connectivity index (χ1) is 10.5. The van der Waals surface area contributed by atoms with Gasteiger partial charge in [0.1, 0.15) is 0 Å². The molecule has 0 spiro atoms. The maximum absolute atomic E-state index is 11.8. The van der Waals surface area contributed by atoms with Crippen LogP contribution in [0, 0.1) is 0 Å². The summed E-state index contributed by atoms with van der Waals surface area (Å²) in [6, 6.07) is 10.8. The lowest BCUT2D eigenvalue weighted by Crippen LogP contribution is -2.28. The van der Waals surface area contributed by atoms with E-state index in [0.717, 1.165) is 10.0 Å². The number of urea groups is 1. The first-order valence-corrected chi connectivity index (χ1v) is 7.43. The van der Waals surface area contributed by atoms with Crippen LogP contribution in [-0.2, 0) is 6.54 Å². The Morgan fingerprint density at radius 1 is 1.14 bits per heavy atom. The van der Waals surface area contributed by atoms with Gasteiger partial charge in [0.25, 0.3) is 0 Å². The summed E-state index contributed by atoms with van der Waals surface area (Å²) in [6.45, 7) is 0.257. The molecule has 114 valence electrons. The van der Waals surface area contributed by atoms with E-state index in [0.29, 0.717) is 10.7 Å². The number of nitrogens with one attached hydrogen (secondary N) is 2. The molecule has 2 rings (SSSR count). The van der Waals surface area contributed by atoms with E-state index in [1.54, 1.807) is 30.3 Å². The van der Waals surface area contributed by atoms with Crippen LogP contribution in [0.1, 0.15) is 15.9 Å². The molecule has 0 saturated heterocycles. The lowest BCUT2D eigenvalue weighted by atomic mass is 10.1. The molecule has 2 N–H and O–H groups in total. The number of anilines is 1. The SMILES string of the molecule is O=C(NCc1ccc(C(=O)[O-])cc1)Nc1ccc(Br)cc1Cl. The van der Waals surface area contributed by atoms with Gasteiger partial charge in [-0.05, 0) is 29.3 Å². The molecule has 0 heterocycles. The number of carbonyl (C=O) groups excluding carboxylic acids is 2. The third-order valence-electron chi connectivity index (χ3n) is 2.82. The quantitative estimate of drug-likeness (QED) is 0.853. The molecule has 0 unspecified atom stereocenters. The molecule has 0 radical (unpaired) electrons. The molecular weight excluding hydrogens is 372 g/mol. The average molecular weight is 383 g/mol. The second kappa shape index (κ2) is 7.29. The minimum atomic E-state index is -1.23. The van der Waals surface area contributed by atoms with Gasteiger partial charge in [-0.25, -0.2) is 4.79 Å². The fraction of sp³-hybridized carbons (Fsp3) is 0.0667. The Hall–Kier alpha value is -2.05. The average Bonchev–Trinajstić information content (AvgIpc) is 2.48. The predicted octanol–water partition coefficient (Wildman–Crippen LogP) is 2.79. The molecule has 2 aromatic rings. The summed E-state index contributed by atoms with van der Waals surface area (Å²) in [5.74, 6) is -1.23. The Bertz CT molecular complexity index is 704. The van der Waals surface area contributed by atoms with E-state index in [9.17, 15) is 14.7 Å². The Kier molecular flexibility index (Phi) is 5.41. The summed E-state index contributed by atoms with van der Waals surface area (Å²) in [5, 5.41) is 16.3. The van der Waals surface area contributed by atoms with Gasteiger partial charge < -0.3 is 20.5 Å². The van der Waals surface area contributed by atoms with Gasteiger partial charge in [-0.3, -0.25) is 0 Å². The van der Waals surface area contributed by atoms with Crippen molar-refractivity contribution in [3.8, 4) is 0 Å². The normalized spacial score (nSPS) is 10.1. The van der Waals surface area contributed by atoms with Crippen LogP contribution in [0.4, 0.5) is 10.5 Å². The molecule has 0 fully saturated rings. The molecule has 0 aromatic heterocycles. The maximum Gasteiger partial charge on any atom is 0.319 e. The molecule has 5 nitrogen and oxygen atoms in total. The van der Waals surface area contributed by atoms with Gasteiger partial charge in [0.2, 0.25) is 0 Å². The fourth-order valence-corrected chi connectivity index (χ4v) is 2.42. The second-order valence-corrected chi connectivity index (χ2v) is 5.74. The topological polar surface area (TPSA) is 81.3 Å². The lowest BCUT2D eigenvalue weighted by molar-refractivity contribution is -0.255. The molecule has 0 aliphatic rings. The van der Waals surface area contributed by atoms with Crippen molar-refractivity contribution < 1.29 is 14.7 Å². The highest BCUT2D eigenvalue weighted by Crippen LogP contribution is 2.25. The highest BCUT2D eigenvalue weighted by Gasteiger charge is 2.06. The van der Waals surface area contributed by atoms with Crippen LogP contribution < -0.4 is 15.7 Å². The van der Waals surface area contributed by atoms with Crippen LogP contribution in [0.2, 0.25) is 5.02 Å². The minimum absolute atomic E-state index is 0.0924. The van der Waals surface area contributed by atoms with E-state index in [-0.39, 0.29) is 12.1 Å². The van der Waals surface area contributed by atoms with E-state index in [2.05, 4.69) is 26.6 Å². The van der Waals surface area contributed by atoms with E-state index in [4.69, 9.17) is 11.6 Å². The van der Waals surface area contributed by atoms with Crippen LogP contribution in [0.25, 0.3) is 0 Å². The van der Waals surface area contributed by atoms with Gasteiger partial charge in [0.15, 0.2) is 0 Å². The number of hydrogen-bond donors (Lipinski definition) is 2. The highest BCUT2D eigenvalue weighted by molar-refractivity contribution is 9.10. The summed E-state index contributed by atoms with van der Waals surface area (Å²) in [4.78, 5) is 22.4. The Labute approximate surface area is 140 Å². The number of carboxylic acids is 1. The van der Waals surface area contributed by atoms with Crippen LogP contribution in [0.3, 0.4) is 0 Å². The molecule has 0 aliphatic carbocycles. The van der Waals surface area contributed by atoms with Crippen LogP contribution in [0.5, 0.6) is 0 Å². The molecular formula is C15H11BrClN2O3-. The van der Waals surface area contributed by atoms with Crippen molar-refractivity contribution in [1.29, 1.82) is 0 Å². The Morgan fingerprint density at radius 3 is 2.41 bits per heavy atom. The Morgan fingerprint density at radius 2 is 1.82 bits per heavy atom. The number of benzene rings is 2. The summed E-state index contributed by atoms with van der Waals surface area (Å²) >= 11 is 9.28. The third kappa shape index (κ3) is 4.47. The van der Waals surface area contributed by atoms with Crippen molar-refractivity contribution in [2.24, 2.45) is 0 Å². The van der Waals surface area contributed by atoms with Crippen LogP contribution in [0.15, 0.2) is 46.9 Å². The minimum Gasteiger partial charge on any atom is -0.545 e. The number of carbonyl (C=O) groups is 2. The summed E-state index contributed by atoms with van der Waals surface area (Å²) in [7, 11) is 0. The molecule has 2 aromatic carbocycles. The molecule has 0 atom stereocenters. The summed E-state index contributed by atoms with van der Waals surface area (Å²) in [5.41, 5.74) is 1.35. The molecule has 22 heavy (non-hydrogen) atoms. The second-order valence-electron chi connectivity index (χ2n) is 4.42. The van der Waals surface area contributed by atoms with E-state index < -0.39 is 12.0 Å².